The fourth-order valence-electron chi connectivity index (χ4n) is 3.28. The summed E-state index contributed by atoms with van der Waals surface area (Å²) in [7, 11) is 6.09. The first-order chi connectivity index (χ1) is 12.9. The summed E-state index contributed by atoms with van der Waals surface area (Å²) in [5, 5.41) is 0. The molecule has 1 aliphatic carbocycles. The Morgan fingerprint density at radius 2 is 1.44 bits per heavy atom. The van der Waals surface area contributed by atoms with Gasteiger partial charge in [-0.3, -0.25) is 4.79 Å². The number of carbonyl (C=O) groups excluding carboxylic acids is 1. The molecule has 1 aliphatic rings. The van der Waals surface area contributed by atoms with E-state index >= 15 is 0 Å². The molecule has 0 spiro atoms. The number of hydrogen-bond donors (Lipinski definition) is 0. The summed E-state index contributed by atoms with van der Waals surface area (Å²) in [5.74, 6) is 0.882. The fraction of sp³-hybridized carbons (Fsp3) is 0.350. The molecule has 0 bridgehead atoms. The van der Waals surface area contributed by atoms with Crippen molar-refractivity contribution in [2.45, 2.75) is 10.3 Å². The predicted octanol–water partition coefficient (Wildman–Crippen LogP) is 4.49. The van der Waals surface area contributed by atoms with Crippen molar-refractivity contribution in [3.05, 3.63) is 47.5 Å². The third-order valence-electron chi connectivity index (χ3n) is 4.76. The molecule has 7 heteroatoms. The number of halogens is 2. The molecule has 1 saturated carbocycles. The SMILES string of the molecule is COc1ccc(C2C(C(=O)c3cc(OC)c(OC)c(OC)c3)C2(Cl)Cl)cc1. The van der Waals surface area contributed by atoms with Crippen LogP contribution >= 0.6 is 23.2 Å². The van der Waals surface area contributed by atoms with Gasteiger partial charge in [-0.2, -0.15) is 0 Å². The normalized spacial score (nSPS) is 19.9. The number of carbonyl (C=O) groups is 1. The Labute approximate surface area is 168 Å². The summed E-state index contributed by atoms with van der Waals surface area (Å²) in [6, 6.07) is 10.6. The molecule has 0 radical (unpaired) electrons. The van der Waals surface area contributed by atoms with Crippen molar-refractivity contribution in [1.82, 2.24) is 0 Å². The van der Waals surface area contributed by atoms with Gasteiger partial charge in [-0.15, -0.1) is 23.2 Å². The van der Waals surface area contributed by atoms with E-state index in [1.54, 1.807) is 19.2 Å². The zero-order valence-electron chi connectivity index (χ0n) is 15.4. The molecule has 144 valence electrons. The molecular weight excluding hydrogens is 391 g/mol. The second-order valence-electron chi connectivity index (χ2n) is 6.18. The third-order valence-corrected chi connectivity index (χ3v) is 5.70. The highest BCUT2D eigenvalue weighted by atomic mass is 35.5. The summed E-state index contributed by atoms with van der Waals surface area (Å²) in [6.45, 7) is 0. The largest absolute Gasteiger partial charge is 0.497 e. The number of Topliss-reactive ketones (excluding diaryl/α,β-unsaturated/α-hetero) is 1. The molecule has 2 aromatic rings. The Hall–Kier alpha value is -2.11. The van der Waals surface area contributed by atoms with E-state index in [0.717, 1.165) is 11.3 Å². The third kappa shape index (κ3) is 3.42. The van der Waals surface area contributed by atoms with Gasteiger partial charge in [-0.1, -0.05) is 12.1 Å². The fourth-order valence-corrected chi connectivity index (χ4v) is 4.11. The second kappa shape index (κ2) is 7.49. The molecule has 2 unspecified atom stereocenters. The number of alkyl halides is 2. The van der Waals surface area contributed by atoms with Gasteiger partial charge >= 0.3 is 0 Å². The van der Waals surface area contributed by atoms with Gasteiger partial charge in [0, 0.05) is 11.5 Å². The molecule has 0 aromatic heterocycles. The first-order valence-corrected chi connectivity index (χ1v) is 9.00. The van der Waals surface area contributed by atoms with E-state index in [4.69, 9.17) is 42.1 Å². The Bertz CT molecular complexity index is 823. The average molecular weight is 411 g/mol. The lowest BCUT2D eigenvalue weighted by molar-refractivity contribution is 0.0963. The molecular formula is C20H20Cl2O5. The van der Waals surface area contributed by atoms with Gasteiger partial charge in [0.05, 0.1) is 34.4 Å². The molecule has 2 aromatic carbocycles. The van der Waals surface area contributed by atoms with Crippen LogP contribution in [0, 0.1) is 5.92 Å². The number of ketones is 1. The molecule has 0 amide bonds. The van der Waals surface area contributed by atoms with Crippen LogP contribution in [0.4, 0.5) is 0 Å². The zero-order chi connectivity index (χ0) is 19.8. The zero-order valence-corrected chi connectivity index (χ0v) is 16.9. The number of ether oxygens (including phenoxy) is 4. The minimum absolute atomic E-state index is 0.180. The van der Waals surface area contributed by atoms with Gasteiger partial charge in [0.25, 0.3) is 0 Å². The smallest absolute Gasteiger partial charge is 0.203 e. The average Bonchev–Trinajstić information content (AvgIpc) is 3.27. The van der Waals surface area contributed by atoms with E-state index in [2.05, 4.69) is 0 Å². The van der Waals surface area contributed by atoms with Crippen LogP contribution in [0.2, 0.25) is 0 Å². The Morgan fingerprint density at radius 3 is 1.89 bits per heavy atom. The van der Waals surface area contributed by atoms with Gasteiger partial charge in [0.15, 0.2) is 17.3 Å². The van der Waals surface area contributed by atoms with E-state index in [0.29, 0.717) is 22.8 Å². The predicted molar refractivity (Wildman–Crippen MR) is 104 cm³/mol. The number of methoxy groups -OCH3 is 4. The second-order valence-corrected chi connectivity index (χ2v) is 7.63. The van der Waals surface area contributed by atoms with E-state index < -0.39 is 10.3 Å². The van der Waals surface area contributed by atoms with Crippen molar-refractivity contribution in [2.75, 3.05) is 28.4 Å². The highest BCUT2D eigenvalue weighted by molar-refractivity contribution is 6.53. The minimum atomic E-state index is -1.17. The van der Waals surface area contributed by atoms with Crippen LogP contribution in [0.15, 0.2) is 36.4 Å². The van der Waals surface area contributed by atoms with Crippen LogP contribution in [-0.4, -0.2) is 38.6 Å². The number of hydrogen-bond acceptors (Lipinski definition) is 5. The Kier molecular flexibility index (Phi) is 5.45. The van der Waals surface area contributed by atoms with Crippen molar-refractivity contribution in [1.29, 1.82) is 0 Å². The lowest BCUT2D eigenvalue weighted by atomic mass is 10.0. The van der Waals surface area contributed by atoms with Crippen LogP contribution in [-0.2, 0) is 0 Å². The Balaban J connectivity index is 1.93. The topological polar surface area (TPSA) is 54.0 Å². The van der Waals surface area contributed by atoms with E-state index in [1.807, 2.05) is 24.3 Å². The molecule has 0 saturated heterocycles. The molecule has 3 rings (SSSR count). The monoisotopic (exact) mass is 410 g/mol. The van der Waals surface area contributed by atoms with Crippen molar-refractivity contribution in [3.63, 3.8) is 0 Å². The van der Waals surface area contributed by atoms with Gasteiger partial charge in [-0.05, 0) is 29.8 Å². The maximum Gasteiger partial charge on any atom is 0.203 e. The number of benzene rings is 2. The summed E-state index contributed by atoms with van der Waals surface area (Å²) in [5.41, 5.74) is 1.28. The first-order valence-electron chi connectivity index (χ1n) is 8.25. The van der Waals surface area contributed by atoms with Crippen LogP contribution in [0.25, 0.3) is 0 Å². The molecule has 0 heterocycles. The van der Waals surface area contributed by atoms with Crippen molar-refractivity contribution in [3.8, 4) is 23.0 Å². The quantitative estimate of drug-likeness (QED) is 0.497. The lowest BCUT2D eigenvalue weighted by Crippen LogP contribution is -2.08. The van der Waals surface area contributed by atoms with Crippen molar-refractivity contribution in [2.24, 2.45) is 5.92 Å². The van der Waals surface area contributed by atoms with Gasteiger partial charge in [0.1, 0.15) is 10.1 Å². The van der Waals surface area contributed by atoms with Crippen LogP contribution < -0.4 is 18.9 Å². The summed E-state index contributed by atoms with van der Waals surface area (Å²) in [4.78, 5) is 13.1. The molecule has 5 nitrogen and oxygen atoms in total. The lowest BCUT2D eigenvalue weighted by Gasteiger charge is -2.13. The van der Waals surface area contributed by atoms with Crippen LogP contribution in [0.5, 0.6) is 23.0 Å². The van der Waals surface area contributed by atoms with Gasteiger partial charge in [0.2, 0.25) is 5.75 Å². The summed E-state index contributed by atoms with van der Waals surface area (Å²) >= 11 is 12.9. The maximum atomic E-state index is 13.1. The van der Waals surface area contributed by atoms with Gasteiger partial charge in [-0.25, -0.2) is 0 Å². The van der Waals surface area contributed by atoms with E-state index in [1.165, 1.54) is 21.3 Å². The highest BCUT2D eigenvalue weighted by Gasteiger charge is 2.67. The van der Waals surface area contributed by atoms with Crippen LogP contribution in [0.1, 0.15) is 21.8 Å². The Morgan fingerprint density at radius 1 is 0.889 bits per heavy atom. The van der Waals surface area contributed by atoms with Crippen molar-refractivity contribution < 1.29 is 23.7 Å². The summed E-state index contributed by atoms with van der Waals surface area (Å²) < 4.78 is 19.9. The van der Waals surface area contributed by atoms with E-state index in [-0.39, 0.29) is 11.7 Å². The maximum absolute atomic E-state index is 13.1. The minimum Gasteiger partial charge on any atom is -0.497 e. The molecule has 27 heavy (non-hydrogen) atoms. The molecule has 0 N–H and O–H groups in total. The molecule has 2 atom stereocenters. The molecule has 0 aliphatic heterocycles. The van der Waals surface area contributed by atoms with Gasteiger partial charge < -0.3 is 18.9 Å². The van der Waals surface area contributed by atoms with Crippen LogP contribution in [0.3, 0.4) is 0 Å². The number of rotatable bonds is 7. The summed E-state index contributed by atoms with van der Waals surface area (Å²) in [6.07, 6.45) is 0. The molecule has 1 fully saturated rings. The standard InChI is InChI=1S/C20H20Cl2O5/c1-24-13-7-5-11(6-8-13)16-17(20(16,21)22)18(23)12-9-14(25-2)19(27-4)15(10-12)26-3/h5-10,16-17H,1-4H3. The van der Waals surface area contributed by atoms with E-state index in [9.17, 15) is 4.79 Å². The first kappa shape index (κ1) is 19.6. The highest BCUT2D eigenvalue weighted by Crippen LogP contribution is 2.66. The van der Waals surface area contributed by atoms with Crippen molar-refractivity contribution >= 4 is 29.0 Å².